The molecule has 70 valence electrons. The van der Waals surface area contributed by atoms with Gasteiger partial charge in [-0.05, 0) is 0 Å². The van der Waals surface area contributed by atoms with Crippen LogP contribution in [0.5, 0.6) is 0 Å². The Kier molecular flexibility index (Phi) is 4.85. The molecule has 0 saturated heterocycles. The van der Waals surface area contributed by atoms with Gasteiger partial charge in [0.15, 0.2) is 0 Å². The molecule has 0 heterocycles. The van der Waals surface area contributed by atoms with Crippen molar-refractivity contribution in [1.29, 1.82) is 0 Å². The van der Waals surface area contributed by atoms with Crippen LogP contribution in [0.1, 0.15) is 13.8 Å². The van der Waals surface area contributed by atoms with Gasteiger partial charge in [-0.2, -0.15) is 0 Å². The zero-order valence-corrected chi connectivity index (χ0v) is 7.84. The Labute approximate surface area is 76.1 Å². The molecule has 5 heteroatoms. The average molecular weight is 194 g/mol. The summed E-state index contributed by atoms with van der Waals surface area (Å²) in [4.78, 5) is 22.5. The van der Waals surface area contributed by atoms with Gasteiger partial charge < -0.3 is 5.11 Å². The molecule has 0 aliphatic heterocycles. The summed E-state index contributed by atoms with van der Waals surface area (Å²) in [6.45, 7) is 2.50. The van der Waals surface area contributed by atoms with Gasteiger partial charge in [0.05, 0.1) is 18.5 Å². The third-order valence-corrected chi connectivity index (χ3v) is 1.69. The Morgan fingerprint density at radius 1 is 1.42 bits per heavy atom. The molecule has 0 rings (SSSR count). The van der Waals surface area contributed by atoms with E-state index in [1.807, 2.05) is 0 Å². The van der Waals surface area contributed by atoms with Crippen LogP contribution in [-0.2, 0) is 9.59 Å². The van der Waals surface area contributed by atoms with E-state index in [0.29, 0.717) is 0 Å². The number of carbonyl (C=O) groups excluding carboxylic acids is 2. The minimum atomic E-state index is -0.848. The van der Waals surface area contributed by atoms with Gasteiger partial charge in [-0.15, -0.1) is 11.6 Å². The number of hydrogen-bond acceptors (Lipinski definition) is 3. The van der Waals surface area contributed by atoms with Crippen LogP contribution in [0.3, 0.4) is 0 Å². The van der Waals surface area contributed by atoms with Crippen LogP contribution in [-0.4, -0.2) is 40.3 Å². The number of rotatable bonds is 3. The van der Waals surface area contributed by atoms with Crippen molar-refractivity contribution in [2.45, 2.75) is 20.0 Å². The first-order valence-electron chi connectivity index (χ1n) is 3.51. The first-order chi connectivity index (χ1) is 5.49. The number of hydrogen-bond donors (Lipinski definition) is 1. The van der Waals surface area contributed by atoms with Crippen molar-refractivity contribution in [3.8, 4) is 0 Å². The molecule has 4 nitrogen and oxygen atoms in total. The summed E-state index contributed by atoms with van der Waals surface area (Å²) < 4.78 is 0. The van der Waals surface area contributed by atoms with E-state index >= 15 is 0 Å². The fourth-order valence-corrected chi connectivity index (χ4v) is 0.836. The summed E-state index contributed by atoms with van der Waals surface area (Å²) in [6.07, 6.45) is -0.848. The average Bonchev–Trinajstić information content (AvgIpc) is 1.98. The normalized spacial score (nSPS) is 12.3. The lowest BCUT2D eigenvalue weighted by Crippen LogP contribution is -2.39. The molecule has 0 bridgehead atoms. The molecular formula is C7H12ClNO3. The van der Waals surface area contributed by atoms with E-state index in [4.69, 9.17) is 16.7 Å². The fraction of sp³-hybridized carbons (Fsp3) is 0.714. The van der Waals surface area contributed by atoms with Gasteiger partial charge in [-0.3, -0.25) is 14.5 Å². The highest BCUT2D eigenvalue weighted by atomic mass is 35.5. The van der Waals surface area contributed by atoms with Gasteiger partial charge in [-0.1, -0.05) is 0 Å². The van der Waals surface area contributed by atoms with Crippen molar-refractivity contribution >= 4 is 23.4 Å². The smallest absolute Gasteiger partial charge is 0.226 e. The van der Waals surface area contributed by atoms with Crippen molar-refractivity contribution in [3.05, 3.63) is 0 Å². The van der Waals surface area contributed by atoms with E-state index in [1.54, 1.807) is 0 Å². The second kappa shape index (κ2) is 5.11. The van der Waals surface area contributed by atoms with E-state index in [9.17, 15) is 9.59 Å². The summed E-state index contributed by atoms with van der Waals surface area (Å²) >= 11 is 5.31. The second-order valence-corrected chi connectivity index (χ2v) is 2.77. The molecule has 1 N–H and O–H groups in total. The molecule has 0 aliphatic carbocycles. The quantitative estimate of drug-likeness (QED) is 0.641. The summed E-state index contributed by atoms with van der Waals surface area (Å²) in [6, 6.07) is 0. The maximum Gasteiger partial charge on any atom is 0.226 e. The standard InChI is InChI=1S/C7H12ClNO3/c1-5(10)9(6(2)11)4-7(12)3-8/h7,12H,3-4H2,1-2H3. The highest BCUT2D eigenvalue weighted by molar-refractivity contribution is 6.18. The highest BCUT2D eigenvalue weighted by Gasteiger charge is 2.16. The van der Waals surface area contributed by atoms with Crippen LogP contribution in [0, 0.1) is 0 Å². The molecule has 0 fully saturated rings. The molecule has 0 aliphatic rings. The van der Waals surface area contributed by atoms with Crippen LogP contribution in [0.25, 0.3) is 0 Å². The number of carbonyl (C=O) groups is 2. The lowest BCUT2D eigenvalue weighted by Gasteiger charge is -2.19. The lowest BCUT2D eigenvalue weighted by atomic mass is 10.3. The van der Waals surface area contributed by atoms with Crippen LogP contribution >= 0.6 is 11.6 Å². The van der Waals surface area contributed by atoms with Crippen LogP contribution in [0.2, 0.25) is 0 Å². The molecule has 0 aromatic heterocycles. The summed E-state index contributed by atoms with van der Waals surface area (Å²) in [7, 11) is 0. The Hall–Kier alpha value is -0.610. The van der Waals surface area contributed by atoms with E-state index < -0.39 is 6.10 Å². The number of imide groups is 1. The van der Waals surface area contributed by atoms with E-state index in [0.717, 1.165) is 4.90 Å². The fourth-order valence-electron chi connectivity index (χ4n) is 0.738. The Morgan fingerprint density at radius 3 is 2.08 bits per heavy atom. The van der Waals surface area contributed by atoms with Gasteiger partial charge in [-0.25, -0.2) is 0 Å². The van der Waals surface area contributed by atoms with Gasteiger partial charge in [0.2, 0.25) is 11.8 Å². The number of aliphatic hydroxyl groups excluding tert-OH is 1. The van der Waals surface area contributed by atoms with Gasteiger partial charge in [0, 0.05) is 13.8 Å². The van der Waals surface area contributed by atoms with Crippen LogP contribution < -0.4 is 0 Å². The number of halogens is 1. The molecule has 2 amide bonds. The maximum atomic E-state index is 10.8. The van der Waals surface area contributed by atoms with E-state index in [-0.39, 0.29) is 24.2 Å². The van der Waals surface area contributed by atoms with Crippen molar-refractivity contribution in [3.63, 3.8) is 0 Å². The Balaban J connectivity index is 4.14. The minimum Gasteiger partial charge on any atom is -0.390 e. The first-order valence-corrected chi connectivity index (χ1v) is 4.05. The molecule has 0 spiro atoms. The van der Waals surface area contributed by atoms with Crippen LogP contribution in [0.4, 0.5) is 0 Å². The Morgan fingerprint density at radius 2 is 1.83 bits per heavy atom. The van der Waals surface area contributed by atoms with Crippen molar-refractivity contribution in [1.82, 2.24) is 4.90 Å². The Bertz CT molecular complexity index is 169. The molecule has 1 unspecified atom stereocenters. The van der Waals surface area contributed by atoms with Crippen molar-refractivity contribution in [2.24, 2.45) is 0 Å². The lowest BCUT2D eigenvalue weighted by molar-refractivity contribution is -0.143. The predicted octanol–water partition coefficient (Wildman–Crippen LogP) is -0.0189. The number of aliphatic hydroxyl groups is 1. The van der Waals surface area contributed by atoms with Crippen molar-refractivity contribution in [2.75, 3.05) is 12.4 Å². The van der Waals surface area contributed by atoms with Gasteiger partial charge >= 0.3 is 0 Å². The highest BCUT2D eigenvalue weighted by Crippen LogP contribution is 1.96. The van der Waals surface area contributed by atoms with E-state index in [2.05, 4.69) is 0 Å². The predicted molar refractivity (Wildman–Crippen MR) is 44.8 cm³/mol. The molecule has 0 saturated carbocycles. The zero-order chi connectivity index (χ0) is 9.72. The summed E-state index contributed by atoms with van der Waals surface area (Å²) in [5.74, 6) is -0.754. The zero-order valence-electron chi connectivity index (χ0n) is 7.08. The van der Waals surface area contributed by atoms with Gasteiger partial charge in [0.1, 0.15) is 0 Å². The molecule has 0 aromatic rings. The van der Waals surface area contributed by atoms with Crippen molar-refractivity contribution < 1.29 is 14.7 Å². The van der Waals surface area contributed by atoms with Crippen LogP contribution in [0.15, 0.2) is 0 Å². The molecular weight excluding hydrogens is 182 g/mol. The molecule has 1 atom stereocenters. The minimum absolute atomic E-state index is 0.0110. The number of nitrogens with zero attached hydrogens (tertiary/aromatic N) is 1. The first kappa shape index (κ1) is 11.4. The largest absolute Gasteiger partial charge is 0.390 e. The van der Waals surface area contributed by atoms with E-state index in [1.165, 1.54) is 13.8 Å². The summed E-state index contributed by atoms with van der Waals surface area (Å²) in [5.41, 5.74) is 0. The third-order valence-electron chi connectivity index (χ3n) is 1.33. The third kappa shape index (κ3) is 3.69. The molecule has 0 radical (unpaired) electrons. The maximum absolute atomic E-state index is 10.8. The molecule has 0 aromatic carbocycles. The number of amides is 2. The number of alkyl halides is 1. The van der Waals surface area contributed by atoms with Gasteiger partial charge in [0.25, 0.3) is 0 Å². The molecule has 12 heavy (non-hydrogen) atoms. The second-order valence-electron chi connectivity index (χ2n) is 2.46. The summed E-state index contributed by atoms with van der Waals surface area (Å²) in [5, 5.41) is 9.05. The topological polar surface area (TPSA) is 57.6 Å². The monoisotopic (exact) mass is 193 g/mol. The SMILES string of the molecule is CC(=O)N(CC(O)CCl)C(C)=O.